The Labute approximate surface area is 276 Å². The van der Waals surface area contributed by atoms with Crippen LogP contribution in [0.4, 0.5) is 4.39 Å². The third kappa shape index (κ3) is 5.14. The van der Waals surface area contributed by atoms with E-state index in [-0.39, 0.29) is 23.6 Å². The molecular weight excluding hydrogens is 613 g/mol. The summed E-state index contributed by atoms with van der Waals surface area (Å²) in [5.41, 5.74) is 5.85. The normalized spacial score (nSPS) is 18.6. The van der Waals surface area contributed by atoms with Gasteiger partial charge in [0.25, 0.3) is 5.91 Å². The fourth-order valence-corrected chi connectivity index (χ4v) is 7.34. The maximum Gasteiger partial charge on any atom is 0.257 e. The van der Waals surface area contributed by atoms with Crippen molar-refractivity contribution in [2.45, 2.75) is 51.6 Å². The number of morpholine rings is 1. The third-order valence-corrected chi connectivity index (χ3v) is 9.94. The molecule has 8 rings (SSSR count). The summed E-state index contributed by atoms with van der Waals surface area (Å²) in [6.07, 6.45) is 5.39. The van der Waals surface area contributed by atoms with Crippen LogP contribution in [0.25, 0.3) is 33.5 Å². The average Bonchev–Trinajstić information content (AvgIpc) is 3.82. The lowest BCUT2D eigenvalue weighted by Crippen LogP contribution is -2.38. The number of nitriles is 1. The van der Waals surface area contributed by atoms with Gasteiger partial charge in [0.05, 0.1) is 65.1 Å². The van der Waals surface area contributed by atoms with E-state index < -0.39 is 5.82 Å². The van der Waals surface area contributed by atoms with Crippen molar-refractivity contribution in [1.82, 2.24) is 29.9 Å². The van der Waals surface area contributed by atoms with E-state index in [1.54, 1.807) is 19.2 Å². The highest BCUT2D eigenvalue weighted by Gasteiger charge is 2.44. The lowest BCUT2D eigenvalue weighted by Gasteiger charge is -2.29. The number of nitrogens with zero attached hydrogens (tertiary/aromatic N) is 7. The van der Waals surface area contributed by atoms with E-state index in [1.807, 2.05) is 40.8 Å². The Morgan fingerprint density at radius 3 is 2.69 bits per heavy atom. The van der Waals surface area contributed by atoms with Crippen LogP contribution in [0.2, 0.25) is 0 Å². The van der Waals surface area contributed by atoms with Crippen LogP contribution in [0, 0.1) is 30.0 Å². The number of rotatable bonds is 7. The Kier molecular flexibility index (Phi) is 7.73. The summed E-state index contributed by atoms with van der Waals surface area (Å²) >= 11 is 0. The van der Waals surface area contributed by atoms with E-state index >= 15 is 0 Å². The second-order valence-electron chi connectivity index (χ2n) is 12.8. The number of carbonyl (C=O) groups is 1. The summed E-state index contributed by atoms with van der Waals surface area (Å²) in [6, 6.07) is 11.9. The van der Waals surface area contributed by atoms with Crippen LogP contribution in [0.5, 0.6) is 0 Å². The lowest BCUT2D eigenvalue weighted by atomic mass is 9.88. The second kappa shape index (κ2) is 12.2. The smallest absolute Gasteiger partial charge is 0.257 e. The molecule has 3 aliphatic rings. The molecule has 1 amide bonds. The Morgan fingerprint density at radius 1 is 1.06 bits per heavy atom. The van der Waals surface area contributed by atoms with Crippen LogP contribution in [0.3, 0.4) is 0 Å². The quantitative estimate of drug-likeness (QED) is 0.210. The van der Waals surface area contributed by atoms with Gasteiger partial charge in [-0.3, -0.25) is 14.5 Å². The predicted octanol–water partition coefficient (Wildman–Crippen LogP) is 5.96. The summed E-state index contributed by atoms with van der Waals surface area (Å²) in [4.78, 5) is 21.3. The van der Waals surface area contributed by atoms with Gasteiger partial charge in [-0.1, -0.05) is 12.1 Å². The molecule has 3 aliphatic heterocycles. The average molecular weight is 648 g/mol. The van der Waals surface area contributed by atoms with Crippen LogP contribution in [-0.4, -0.2) is 68.7 Å². The van der Waals surface area contributed by atoms with Gasteiger partial charge in [-0.05, 0) is 73.9 Å². The van der Waals surface area contributed by atoms with E-state index in [0.29, 0.717) is 60.6 Å². The van der Waals surface area contributed by atoms with Gasteiger partial charge in [0.1, 0.15) is 11.9 Å². The van der Waals surface area contributed by atoms with Gasteiger partial charge >= 0.3 is 0 Å². The molecule has 0 saturated carbocycles. The Morgan fingerprint density at radius 2 is 1.92 bits per heavy atom. The van der Waals surface area contributed by atoms with Gasteiger partial charge in [0.15, 0.2) is 0 Å². The highest BCUT2D eigenvalue weighted by Crippen LogP contribution is 2.46. The zero-order valence-corrected chi connectivity index (χ0v) is 26.8. The summed E-state index contributed by atoms with van der Waals surface area (Å²) < 4.78 is 33.9. The number of aryl methyl sites for hydroxylation is 2. The van der Waals surface area contributed by atoms with Crippen LogP contribution in [0.1, 0.15) is 77.0 Å². The summed E-state index contributed by atoms with van der Waals surface area (Å²) in [6.45, 7) is 6.58. The number of carbonyl (C=O) groups excluding carboxylic acids is 1. The fourth-order valence-electron chi connectivity index (χ4n) is 7.34. The monoisotopic (exact) mass is 647 g/mol. The van der Waals surface area contributed by atoms with Gasteiger partial charge in [0.2, 0.25) is 11.8 Å². The Balaban J connectivity index is 1.28. The second-order valence-corrected chi connectivity index (χ2v) is 12.8. The van der Waals surface area contributed by atoms with Crippen LogP contribution < -0.4 is 0 Å². The zero-order chi connectivity index (χ0) is 32.9. The number of hydrogen-bond donors (Lipinski definition) is 0. The SMILES string of the molecule is Cc1nnc(-c2c(CCC3CCOCC3)nc3c(c2-c2ccc4c(cnn4[C@H](C)c4ccc(C#N)c(F)c4)c2)C(=O)N2CCOC[C@H]32)o1. The molecule has 11 nitrogen and oxygen atoms in total. The van der Waals surface area contributed by atoms with Gasteiger partial charge in [-0.15, -0.1) is 10.2 Å². The molecule has 2 atom stereocenters. The molecule has 0 radical (unpaired) electrons. The van der Waals surface area contributed by atoms with Gasteiger partial charge < -0.3 is 18.8 Å². The standard InChI is InChI=1S/C36H34FN7O4/c1-20(23-4-5-25(17-38)27(37)16-23)44-29-8-6-24(15-26(29)18-39-44)31-32(35-42-41-21(2)48-35)28(7-3-22-9-12-46-13-10-22)40-34-30-19-47-14-11-43(30)36(45)33(31)34/h4-6,8,15-16,18,20,22,30H,3,7,9-14,19H2,1-2H3/t20-,30-/m1/s1. The summed E-state index contributed by atoms with van der Waals surface area (Å²) in [5, 5.41) is 23.3. The third-order valence-electron chi connectivity index (χ3n) is 9.94. The summed E-state index contributed by atoms with van der Waals surface area (Å²) in [7, 11) is 0. The lowest BCUT2D eigenvalue weighted by molar-refractivity contribution is 0.00352. The largest absolute Gasteiger partial charge is 0.421 e. The molecule has 48 heavy (non-hydrogen) atoms. The van der Waals surface area contributed by atoms with Crippen molar-refractivity contribution in [1.29, 1.82) is 5.26 Å². The van der Waals surface area contributed by atoms with E-state index in [4.69, 9.17) is 24.1 Å². The topological polar surface area (TPSA) is 132 Å². The maximum atomic E-state index is 14.5. The Bertz CT molecular complexity index is 2090. The van der Waals surface area contributed by atoms with Crippen molar-refractivity contribution in [3.63, 3.8) is 0 Å². The van der Waals surface area contributed by atoms with Crippen molar-refractivity contribution in [2.24, 2.45) is 5.92 Å². The molecule has 12 heteroatoms. The molecule has 0 unspecified atom stereocenters. The number of fused-ring (bicyclic) bond motifs is 4. The highest BCUT2D eigenvalue weighted by atomic mass is 19.1. The Hall–Kier alpha value is -4.99. The van der Waals surface area contributed by atoms with Crippen LogP contribution >= 0.6 is 0 Å². The van der Waals surface area contributed by atoms with Gasteiger partial charge in [-0.2, -0.15) is 10.4 Å². The molecule has 5 aromatic rings. The minimum Gasteiger partial charge on any atom is -0.421 e. The number of halogens is 1. The molecule has 0 bridgehead atoms. The molecule has 0 N–H and O–H groups in total. The number of ether oxygens (including phenoxy) is 2. The van der Waals surface area contributed by atoms with Gasteiger partial charge in [-0.25, -0.2) is 4.39 Å². The van der Waals surface area contributed by atoms with Crippen molar-refractivity contribution in [3.05, 3.63) is 82.4 Å². The molecule has 0 spiro atoms. The first-order valence-electron chi connectivity index (χ1n) is 16.4. The number of amides is 1. The van der Waals surface area contributed by atoms with E-state index in [1.165, 1.54) is 12.1 Å². The molecule has 244 valence electrons. The fraction of sp³-hybridized carbons (Fsp3) is 0.389. The first-order chi connectivity index (χ1) is 23.4. The number of pyridine rings is 1. The zero-order valence-electron chi connectivity index (χ0n) is 26.8. The minimum atomic E-state index is -0.560. The highest BCUT2D eigenvalue weighted by molar-refractivity contribution is 6.08. The van der Waals surface area contributed by atoms with Crippen molar-refractivity contribution in [3.8, 4) is 28.7 Å². The van der Waals surface area contributed by atoms with Crippen molar-refractivity contribution in [2.75, 3.05) is 33.0 Å². The number of aromatic nitrogens is 5. The van der Waals surface area contributed by atoms with Crippen molar-refractivity contribution < 1.29 is 23.1 Å². The summed E-state index contributed by atoms with van der Waals surface area (Å²) in [5.74, 6) is 0.630. The van der Waals surface area contributed by atoms with Crippen LogP contribution in [-0.2, 0) is 15.9 Å². The van der Waals surface area contributed by atoms with E-state index in [9.17, 15) is 9.18 Å². The number of hydrogen-bond acceptors (Lipinski definition) is 9. The molecule has 3 aromatic heterocycles. The van der Waals surface area contributed by atoms with Crippen LogP contribution in [0.15, 0.2) is 47.0 Å². The molecule has 2 saturated heterocycles. The predicted molar refractivity (Wildman–Crippen MR) is 172 cm³/mol. The molecule has 0 aliphatic carbocycles. The molecular formula is C36H34FN7O4. The van der Waals surface area contributed by atoms with Gasteiger partial charge in [0, 0.05) is 37.6 Å². The van der Waals surface area contributed by atoms with Crippen molar-refractivity contribution >= 4 is 16.8 Å². The molecule has 6 heterocycles. The minimum absolute atomic E-state index is 0.00227. The first kappa shape index (κ1) is 30.4. The van der Waals surface area contributed by atoms with E-state index in [2.05, 4.69) is 15.3 Å². The maximum absolute atomic E-state index is 14.5. The molecule has 2 aromatic carbocycles. The van der Waals surface area contributed by atoms with E-state index in [0.717, 1.165) is 65.9 Å². The molecule has 2 fully saturated rings. The first-order valence-corrected chi connectivity index (χ1v) is 16.4. The number of benzene rings is 2.